The molecule has 0 spiro atoms. The lowest BCUT2D eigenvalue weighted by atomic mass is 10.0. The summed E-state index contributed by atoms with van der Waals surface area (Å²) < 4.78 is 30.5. The third-order valence-corrected chi connectivity index (χ3v) is 4.40. The Morgan fingerprint density at radius 2 is 2.08 bits per heavy atom. The molecule has 25 heavy (non-hydrogen) atoms. The molecule has 0 saturated carbocycles. The summed E-state index contributed by atoms with van der Waals surface area (Å²) in [5.41, 5.74) is 0.480. The van der Waals surface area contributed by atoms with E-state index in [0.717, 1.165) is 0 Å². The van der Waals surface area contributed by atoms with Crippen LogP contribution in [-0.2, 0) is 0 Å². The van der Waals surface area contributed by atoms with E-state index in [1.807, 2.05) is 6.92 Å². The van der Waals surface area contributed by atoms with Gasteiger partial charge in [0.15, 0.2) is 0 Å². The van der Waals surface area contributed by atoms with Crippen molar-refractivity contribution in [2.75, 3.05) is 5.32 Å². The van der Waals surface area contributed by atoms with E-state index in [1.54, 1.807) is 12.1 Å². The van der Waals surface area contributed by atoms with Crippen molar-refractivity contribution in [2.45, 2.75) is 26.0 Å². The zero-order chi connectivity index (χ0) is 18.6. The van der Waals surface area contributed by atoms with Crippen LogP contribution in [0.4, 0.5) is 20.2 Å². The second-order valence-electron chi connectivity index (χ2n) is 5.05. The van der Waals surface area contributed by atoms with E-state index in [0.29, 0.717) is 21.5 Å². The highest BCUT2D eigenvalue weighted by molar-refractivity contribution is 9.10. The van der Waals surface area contributed by atoms with Crippen molar-refractivity contribution < 1.29 is 18.4 Å². The zero-order valence-corrected chi connectivity index (χ0v) is 15.4. The maximum Gasteiger partial charge on any atom is 0.387 e. The average molecular weight is 436 g/mol. The Morgan fingerprint density at radius 1 is 1.36 bits per heavy atom. The van der Waals surface area contributed by atoms with Crippen LogP contribution in [0.25, 0.3) is 0 Å². The molecule has 0 aliphatic rings. The van der Waals surface area contributed by atoms with E-state index in [9.17, 15) is 18.9 Å². The molecule has 0 amide bonds. The molecule has 0 radical (unpaired) electrons. The molecular formula is C16H14BrClF2N2O3. The summed E-state index contributed by atoms with van der Waals surface area (Å²) in [5.74, 6) is -0.00611. The molecule has 1 atom stereocenters. The Labute approximate surface area is 156 Å². The summed E-state index contributed by atoms with van der Waals surface area (Å²) in [7, 11) is 0. The van der Waals surface area contributed by atoms with Crippen molar-refractivity contribution in [3.05, 3.63) is 61.6 Å². The quantitative estimate of drug-likeness (QED) is 0.417. The van der Waals surface area contributed by atoms with Crippen LogP contribution in [0.3, 0.4) is 0 Å². The lowest BCUT2D eigenvalue weighted by Crippen LogP contribution is -2.14. The van der Waals surface area contributed by atoms with Gasteiger partial charge in [0.1, 0.15) is 11.4 Å². The van der Waals surface area contributed by atoms with E-state index in [1.165, 1.54) is 24.3 Å². The van der Waals surface area contributed by atoms with Gasteiger partial charge in [-0.15, -0.1) is 0 Å². The van der Waals surface area contributed by atoms with Crippen LogP contribution < -0.4 is 10.1 Å². The van der Waals surface area contributed by atoms with E-state index < -0.39 is 17.6 Å². The monoisotopic (exact) mass is 434 g/mol. The molecular weight excluding hydrogens is 422 g/mol. The minimum Gasteiger partial charge on any atom is -0.434 e. The first-order valence-corrected chi connectivity index (χ1v) is 8.44. The molecule has 1 N–H and O–H groups in total. The number of rotatable bonds is 7. The number of ether oxygens (including phenoxy) is 1. The fourth-order valence-electron chi connectivity index (χ4n) is 2.40. The molecule has 2 aromatic rings. The van der Waals surface area contributed by atoms with Crippen molar-refractivity contribution in [2.24, 2.45) is 0 Å². The van der Waals surface area contributed by atoms with Gasteiger partial charge in [0.25, 0.3) is 5.69 Å². The Morgan fingerprint density at radius 3 is 2.68 bits per heavy atom. The first-order valence-electron chi connectivity index (χ1n) is 7.27. The van der Waals surface area contributed by atoms with Gasteiger partial charge in [-0.1, -0.05) is 40.5 Å². The van der Waals surface area contributed by atoms with E-state index >= 15 is 0 Å². The Kier molecular flexibility index (Phi) is 6.55. The number of anilines is 1. The van der Waals surface area contributed by atoms with Crippen molar-refractivity contribution in [3.63, 3.8) is 0 Å². The number of hydrogen-bond acceptors (Lipinski definition) is 4. The smallest absolute Gasteiger partial charge is 0.387 e. The van der Waals surface area contributed by atoms with Crippen LogP contribution in [0, 0.1) is 10.1 Å². The molecule has 9 heteroatoms. The van der Waals surface area contributed by atoms with Gasteiger partial charge in [0.2, 0.25) is 0 Å². The standard InChI is InChI=1S/C16H14BrClF2N2O3/c1-2-11(15-10(17)4-3-5-14(15)25-16(19)20)21-12-8-9(18)6-7-13(12)22(23)24/h3-8,11,16,21H,2H2,1H3/t11-/m1/s1. The van der Waals surface area contributed by atoms with Crippen molar-refractivity contribution >= 4 is 38.9 Å². The predicted molar refractivity (Wildman–Crippen MR) is 95.5 cm³/mol. The molecule has 2 aromatic carbocycles. The summed E-state index contributed by atoms with van der Waals surface area (Å²) in [4.78, 5) is 10.7. The summed E-state index contributed by atoms with van der Waals surface area (Å²) in [6, 6.07) is 8.28. The maximum absolute atomic E-state index is 12.7. The average Bonchev–Trinajstić information content (AvgIpc) is 2.52. The zero-order valence-electron chi connectivity index (χ0n) is 13.0. The maximum atomic E-state index is 12.7. The summed E-state index contributed by atoms with van der Waals surface area (Å²) >= 11 is 9.26. The van der Waals surface area contributed by atoms with Crippen LogP contribution >= 0.6 is 27.5 Å². The fraction of sp³-hybridized carbons (Fsp3) is 0.250. The normalized spacial score (nSPS) is 12.1. The lowest BCUT2D eigenvalue weighted by molar-refractivity contribution is -0.384. The Balaban J connectivity index is 2.46. The number of benzene rings is 2. The van der Waals surface area contributed by atoms with Gasteiger partial charge in [0, 0.05) is 21.1 Å². The molecule has 0 unspecified atom stereocenters. The number of nitrogens with zero attached hydrogens (tertiary/aromatic N) is 1. The minimum atomic E-state index is -2.98. The first-order chi connectivity index (χ1) is 11.8. The molecule has 0 bridgehead atoms. The second-order valence-corrected chi connectivity index (χ2v) is 6.34. The molecule has 5 nitrogen and oxygen atoms in total. The first kappa shape index (κ1) is 19.4. The minimum absolute atomic E-state index is 0.00611. The number of alkyl halides is 2. The lowest BCUT2D eigenvalue weighted by Gasteiger charge is -2.23. The van der Waals surface area contributed by atoms with Crippen LogP contribution in [0.5, 0.6) is 5.75 Å². The van der Waals surface area contributed by atoms with Gasteiger partial charge in [0.05, 0.1) is 11.0 Å². The van der Waals surface area contributed by atoms with Crippen LogP contribution in [-0.4, -0.2) is 11.5 Å². The highest BCUT2D eigenvalue weighted by atomic mass is 79.9. The van der Waals surface area contributed by atoms with E-state index in [4.69, 9.17) is 11.6 Å². The molecule has 134 valence electrons. The second kappa shape index (κ2) is 8.44. The van der Waals surface area contributed by atoms with Gasteiger partial charge >= 0.3 is 6.61 Å². The van der Waals surface area contributed by atoms with Gasteiger partial charge in [-0.05, 0) is 30.7 Å². The van der Waals surface area contributed by atoms with Crippen LogP contribution in [0.2, 0.25) is 5.02 Å². The van der Waals surface area contributed by atoms with E-state index in [2.05, 4.69) is 26.0 Å². The highest BCUT2D eigenvalue weighted by Crippen LogP contribution is 2.39. The number of nitro groups is 1. The fourth-order valence-corrected chi connectivity index (χ4v) is 3.20. The molecule has 2 rings (SSSR count). The third kappa shape index (κ3) is 4.79. The number of hydrogen-bond donors (Lipinski definition) is 1. The largest absolute Gasteiger partial charge is 0.434 e. The van der Waals surface area contributed by atoms with E-state index in [-0.39, 0.29) is 17.1 Å². The third-order valence-electron chi connectivity index (χ3n) is 3.47. The molecule has 0 aromatic heterocycles. The SMILES string of the molecule is CC[C@@H](Nc1cc(Cl)ccc1[N+](=O)[O-])c1c(Br)cccc1OC(F)F. The predicted octanol–water partition coefficient (Wildman–Crippen LogP) is 6.18. The van der Waals surface area contributed by atoms with Gasteiger partial charge in [-0.2, -0.15) is 8.78 Å². The topological polar surface area (TPSA) is 64.4 Å². The van der Waals surface area contributed by atoms with Crippen LogP contribution in [0.15, 0.2) is 40.9 Å². The summed E-state index contributed by atoms with van der Waals surface area (Å²) in [6.45, 7) is -1.16. The highest BCUT2D eigenvalue weighted by Gasteiger charge is 2.23. The Hall–Kier alpha value is -1.93. The summed E-state index contributed by atoms with van der Waals surface area (Å²) in [6.07, 6.45) is 0.464. The molecule has 0 aliphatic carbocycles. The Bertz CT molecular complexity index is 777. The van der Waals surface area contributed by atoms with Crippen molar-refractivity contribution in [1.29, 1.82) is 0 Å². The molecule has 0 fully saturated rings. The van der Waals surface area contributed by atoms with Gasteiger partial charge in [-0.3, -0.25) is 10.1 Å². The molecule has 0 saturated heterocycles. The molecule has 0 aliphatic heterocycles. The van der Waals surface area contributed by atoms with Gasteiger partial charge in [-0.25, -0.2) is 0 Å². The number of nitrogens with one attached hydrogen (secondary N) is 1. The van der Waals surface area contributed by atoms with Crippen LogP contribution in [0.1, 0.15) is 24.9 Å². The van der Waals surface area contributed by atoms with Crippen molar-refractivity contribution in [1.82, 2.24) is 0 Å². The van der Waals surface area contributed by atoms with Gasteiger partial charge < -0.3 is 10.1 Å². The molecule has 0 heterocycles. The van der Waals surface area contributed by atoms with Crippen molar-refractivity contribution in [3.8, 4) is 5.75 Å². The number of nitro benzene ring substituents is 1. The number of halogens is 4. The summed E-state index contributed by atoms with van der Waals surface area (Å²) in [5, 5.41) is 14.5.